The molecule has 0 saturated carbocycles. The van der Waals surface area contributed by atoms with Crippen LogP contribution in [0, 0.1) is 4.77 Å². The molecule has 2 N–H and O–H groups in total. The van der Waals surface area contributed by atoms with Gasteiger partial charge in [0.1, 0.15) is 5.82 Å². The Balaban J connectivity index is 3.34. The van der Waals surface area contributed by atoms with Crippen LogP contribution in [0.2, 0.25) is 0 Å². The highest BCUT2D eigenvalue weighted by Gasteiger charge is 1.88. The second-order valence-electron chi connectivity index (χ2n) is 1.45. The normalized spacial score (nSPS) is 9.44. The Morgan fingerprint density at radius 3 is 2.89 bits per heavy atom. The minimum atomic E-state index is -0.157. The molecular weight excluding hydrogens is 141 g/mol. The summed E-state index contributed by atoms with van der Waals surface area (Å²) in [6.07, 6.45) is 1.12. The minimum Gasteiger partial charge on any atom is -0.384 e. The van der Waals surface area contributed by atoms with Gasteiger partial charge in [-0.25, -0.2) is 4.98 Å². The number of nitrogens with two attached hydrogens (primary N) is 1. The first kappa shape index (κ1) is 6.15. The van der Waals surface area contributed by atoms with Gasteiger partial charge in [0.2, 0.25) is 4.77 Å². The number of hydrogen-bond donors (Lipinski definition) is 1. The number of rotatable bonds is 0. The number of hydrogen-bond acceptors (Lipinski definition) is 3. The Morgan fingerprint density at radius 2 is 2.44 bits per heavy atom. The molecule has 1 heterocycles. The number of nitrogens with zero attached hydrogens (tertiary/aromatic N) is 2. The lowest BCUT2D eigenvalue weighted by Gasteiger charge is -1.91. The molecular formula is C4H4FN3S. The fourth-order valence-corrected chi connectivity index (χ4v) is 0.567. The maximum atomic E-state index is 12.2. The molecule has 0 aromatic carbocycles. The van der Waals surface area contributed by atoms with Gasteiger partial charge in [-0.15, -0.1) is 0 Å². The van der Waals surface area contributed by atoms with E-state index in [0.717, 1.165) is 6.20 Å². The molecule has 48 valence electrons. The first-order chi connectivity index (χ1) is 4.20. The molecule has 1 aromatic heterocycles. The quantitative estimate of drug-likeness (QED) is 0.552. The molecule has 0 spiro atoms. The molecule has 1 aromatic rings. The molecule has 0 unspecified atom stereocenters. The van der Waals surface area contributed by atoms with E-state index in [9.17, 15) is 4.48 Å². The summed E-state index contributed by atoms with van der Waals surface area (Å²) in [6, 6.07) is 1.33. The average molecular weight is 145 g/mol. The summed E-state index contributed by atoms with van der Waals surface area (Å²) < 4.78 is 12.0. The summed E-state index contributed by atoms with van der Waals surface area (Å²) in [4.78, 5) is 3.68. The predicted octanol–water partition coefficient (Wildman–Crippen LogP) is 0.927. The molecule has 0 bridgehead atoms. The molecule has 0 aliphatic heterocycles. The fourth-order valence-electron chi connectivity index (χ4n) is 0.401. The van der Waals surface area contributed by atoms with Crippen molar-refractivity contribution in [3.63, 3.8) is 0 Å². The summed E-state index contributed by atoms with van der Waals surface area (Å²) in [5.74, 6) is 0.230. The second-order valence-corrected chi connectivity index (χ2v) is 1.81. The van der Waals surface area contributed by atoms with Crippen molar-refractivity contribution in [2.45, 2.75) is 0 Å². The Bertz CT molecular complexity index is 269. The summed E-state index contributed by atoms with van der Waals surface area (Å²) >= 11 is 4.44. The Morgan fingerprint density at radius 1 is 1.78 bits per heavy atom. The SMILES string of the molecule is Nc1ccn(F)c(=S)n1. The first-order valence-electron chi connectivity index (χ1n) is 2.21. The van der Waals surface area contributed by atoms with Gasteiger partial charge in [0.15, 0.2) is 0 Å². The topological polar surface area (TPSA) is 43.8 Å². The second kappa shape index (κ2) is 2.10. The highest BCUT2D eigenvalue weighted by Crippen LogP contribution is 1.95. The van der Waals surface area contributed by atoms with Gasteiger partial charge in [0.05, 0.1) is 0 Å². The van der Waals surface area contributed by atoms with Crippen LogP contribution in [0.3, 0.4) is 0 Å². The van der Waals surface area contributed by atoms with Crippen molar-refractivity contribution < 1.29 is 4.48 Å². The summed E-state index contributed by atoms with van der Waals surface area (Å²) in [5, 5.41) is 0. The molecule has 0 aliphatic carbocycles. The third kappa shape index (κ3) is 1.23. The zero-order valence-corrected chi connectivity index (χ0v) is 5.23. The zero-order valence-electron chi connectivity index (χ0n) is 4.41. The van der Waals surface area contributed by atoms with Crippen LogP contribution in [0.4, 0.5) is 10.3 Å². The molecule has 1 rings (SSSR count). The van der Waals surface area contributed by atoms with Crippen LogP contribution in [0.5, 0.6) is 0 Å². The van der Waals surface area contributed by atoms with Gasteiger partial charge in [0.25, 0.3) is 0 Å². The minimum absolute atomic E-state index is 0.157. The molecule has 0 radical (unpaired) electrons. The molecule has 0 atom stereocenters. The summed E-state index contributed by atoms with van der Waals surface area (Å²) in [6.45, 7) is 0. The largest absolute Gasteiger partial charge is 0.384 e. The van der Waals surface area contributed by atoms with Gasteiger partial charge in [0, 0.05) is 6.20 Å². The molecule has 0 saturated heterocycles. The molecule has 5 heteroatoms. The van der Waals surface area contributed by atoms with Gasteiger partial charge >= 0.3 is 0 Å². The summed E-state index contributed by atoms with van der Waals surface area (Å²) in [5.41, 5.74) is 5.17. The summed E-state index contributed by atoms with van der Waals surface area (Å²) in [7, 11) is 0. The third-order valence-corrected chi connectivity index (χ3v) is 1.05. The van der Waals surface area contributed by atoms with Crippen LogP contribution in [0.15, 0.2) is 12.3 Å². The van der Waals surface area contributed by atoms with Gasteiger partial charge in [-0.2, -0.15) is 4.79 Å². The monoisotopic (exact) mass is 145 g/mol. The van der Waals surface area contributed by atoms with Crippen LogP contribution in [0.1, 0.15) is 0 Å². The van der Waals surface area contributed by atoms with Crippen molar-refractivity contribution in [1.29, 1.82) is 0 Å². The van der Waals surface area contributed by atoms with Gasteiger partial charge in [-0.05, 0) is 18.3 Å². The lowest BCUT2D eigenvalue weighted by atomic mass is 10.6. The van der Waals surface area contributed by atoms with Gasteiger partial charge in [-0.1, -0.05) is 4.48 Å². The lowest BCUT2D eigenvalue weighted by Crippen LogP contribution is -1.94. The maximum absolute atomic E-state index is 12.2. The van der Waals surface area contributed by atoms with E-state index in [2.05, 4.69) is 17.2 Å². The van der Waals surface area contributed by atoms with Crippen molar-refractivity contribution >= 4 is 18.0 Å². The van der Waals surface area contributed by atoms with E-state index in [1.807, 2.05) is 0 Å². The molecule has 3 nitrogen and oxygen atoms in total. The van der Waals surface area contributed by atoms with Crippen LogP contribution < -0.4 is 5.73 Å². The van der Waals surface area contributed by atoms with E-state index in [1.54, 1.807) is 0 Å². The number of halogens is 1. The Hall–Kier alpha value is -0.970. The van der Waals surface area contributed by atoms with Crippen molar-refractivity contribution in [3.8, 4) is 0 Å². The van der Waals surface area contributed by atoms with E-state index in [-0.39, 0.29) is 15.4 Å². The highest BCUT2D eigenvalue weighted by molar-refractivity contribution is 7.71. The maximum Gasteiger partial charge on any atom is 0.230 e. The zero-order chi connectivity index (χ0) is 6.85. The predicted molar refractivity (Wildman–Crippen MR) is 34.0 cm³/mol. The molecule has 0 amide bonds. The average Bonchev–Trinajstić information content (AvgIpc) is 1.80. The van der Waals surface area contributed by atoms with Crippen molar-refractivity contribution in [1.82, 2.24) is 9.77 Å². The van der Waals surface area contributed by atoms with Gasteiger partial charge < -0.3 is 5.73 Å². The first-order valence-corrected chi connectivity index (χ1v) is 2.62. The number of aromatic nitrogens is 2. The Labute approximate surface area is 55.9 Å². The Kier molecular flexibility index (Phi) is 1.44. The third-order valence-electron chi connectivity index (χ3n) is 0.784. The van der Waals surface area contributed by atoms with E-state index in [0.29, 0.717) is 0 Å². The van der Waals surface area contributed by atoms with Crippen LogP contribution in [-0.4, -0.2) is 9.77 Å². The van der Waals surface area contributed by atoms with E-state index in [4.69, 9.17) is 5.73 Å². The van der Waals surface area contributed by atoms with Crippen LogP contribution >= 0.6 is 12.2 Å². The smallest absolute Gasteiger partial charge is 0.230 e. The number of nitrogen functional groups attached to an aromatic ring is 1. The standard InChI is InChI=1S/C4H4FN3S/c5-8-2-1-3(6)7-4(8)9/h1-2H,(H2,6,7,9). The van der Waals surface area contributed by atoms with Crippen molar-refractivity contribution in [2.75, 3.05) is 5.73 Å². The number of anilines is 1. The lowest BCUT2D eigenvalue weighted by molar-refractivity contribution is 0.354. The van der Waals surface area contributed by atoms with Gasteiger partial charge in [-0.3, -0.25) is 0 Å². The van der Waals surface area contributed by atoms with Crippen LogP contribution in [-0.2, 0) is 0 Å². The molecule has 0 aliphatic rings. The van der Waals surface area contributed by atoms with E-state index in [1.165, 1.54) is 6.07 Å². The van der Waals surface area contributed by atoms with Crippen molar-refractivity contribution in [3.05, 3.63) is 17.0 Å². The molecule has 9 heavy (non-hydrogen) atoms. The fraction of sp³-hybridized carbons (Fsp3) is 0. The van der Waals surface area contributed by atoms with E-state index < -0.39 is 0 Å². The van der Waals surface area contributed by atoms with Crippen molar-refractivity contribution in [2.24, 2.45) is 0 Å². The van der Waals surface area contributed by atoms with Crippen LogP contribution in [0.25, 0.3) is 0 Å². The molecule has 0 fully saturated rings. The van der Waals surface area contributed by atoms with E-state index >= 15 is 0 Å². The highest BCUT2D eigenvalue weighted by atomic mass is 32.1.